The van der Waals surface area contributed by atoms with Crippen LogP contribution in [0.4, 0.5) is 0 Å². The van der Waals surface area contributed by atoms with Crippen molar-refractivity contribution in [2.75, 3.05) is 19.6 Å². The topological polar surface area (TPSA) is 41.1 Å². The summed E-state index contributed by atoms with van der Waals surface area (Å²) in [5.41, 5.74) is 0. The maximum Gasteiger partial charge on any atom is 0.220 e. The van der Waals surface area contributed by atoms with Gasteiger partial charge in [0.25, 0.3) is 0 Å². The summed E-state index contributed by atoms with van der Waals surface area (Å²) in [6, 6.07) is 0. The molecule has 0 aromatic heterocycles. The van der Waals surface area contributed by atoms with Gasteiger partial charge in [0.2, 0.25) is 5.91 Å². The number of rotatable bonds is 8. The van der Waals surface area contributed by atoms with E-state index in [2.05, 4.69) is 38.3 Å². The van der Waals surface area contributed by atoms with E-state index in [1.165, 1.54) is 0 Å². The van der Waals surface area contributed by atoms with Crippen LogP contribution in [0.2, 0.25) is 0 Å². The summed E-state index contributed by atoms with van der Waals surface area (Å²) in [6.07, 6.45) is 1.78. The lowest BCUT2D eigenvalue weighted by atomic mass is 9.94. The van der Waals surface area contributed by atoms with Gasteiger partial charge in [0.15, 0.2) is 0 Å². The van der Waals surface area contributed by atoms with Crippen LogP contribution in [0.3, 0.4) is 0 Å². The Morgan fingerprint density at radius 3 is 2.25 bits per heavy atom. The summed E-state index contributed by atoms with van der Waals surface area (Å²) in [4.78, 5) is 11.5. The van der Waals surface area contributed by atoms with Gasteiger partial charge in [-0.15, -0.1) is 12.4 Å². The molecule has 0 radical (unpaired) electrons. The van der Waals surface area contributed by atoms with E-state index in [-0.39, 0.29) is 18.3 Å². The van der Waals surface area contributed by atoms with Crippen molar-refractivity contribution in [1.82, 2.24) is 10.6 Å². The first-order valence-corrected chi connectivity index (χ1v) is 6.05. The van der Waals surface area contributed by atoms with Crippen LogP contribution in [0.1, 0.15) is 40.5 Å². The van der Waals surface area contributed by atoms with E-state index < -0.39 is 0 Å². The summed E-state index contributed by atoms with van der Waals surface area (Å²) in [7, 11) is 0. The molecule has 0 aliphatic heterocycles. The first kappa shape index (κ1) is 18.1. The molecule has 2 N–H and O–H groups in total. The van der Waals surface area contributed by atoms with E-state index in [9.17, 15) is 4.79 Å². The van der Waals surface area contributed by atoms with E-state index >= 15 is 0 Å². The molecule has 0 saturated carbocycles. The van der Waals surface area contributed by atoms with Gasteiger partial charge in [-0.3, -0.25) is 4.79 Å². The number of hydrogen-bond donors (Lipinski definition) is 2. The lowest BCUT2D eigenvalue weighted by Crippen LogP contribution is -2.33. The van der Waals surface area contributed by atoms with Crippen LogP contribution in [0.25, 0.3) is 0 Å². The van der Waals surface area contributed by atoms with Gasteiger partial charge in [0, 0.05) is 19.5 Å². The molecule has 1 amide bonds. The maximum absolute atomic E-state index is 11.5. The Bertz CT molecular complexity index is 174. The Kier molecular flexibility index (Phi) is 12.7. The van der Waals surface area contributed by atoms with Crippen LogP contribution in [-0.4, -0.2) is 25.5 Å². The highest BCUT2D eigenvalue weighted by atomic mass is 35.5. The fourth-order valence-electron chi connectivity index (χ4n) is 1.19. The molecule has 0 aliphatic carbocycles. The lowest BCUT2D eigenvalue weighted by Gasteiger charge is -2.14. The van der Waals surface area contributed by atoms with Crippen molar-refractivity contribution in [3.05, 3.63) is 0 Å². The van der Waals surface area contributed by atoms with Crippen LogP contribution in [-0.2, 0) is 4.79 Å². The molecule has 0 saturated heterocycles. The van der Waals surface area contributed by atoms with E-state index in [4.69, 9.17) is 0 Å². The summed E-state index contributed by atoms with van der Waals surface area (Å²) in [5.74, 6) is 1.22. The Balaban J connectivity index is 0. The van der Waals surface area contributed by atoms with E-state index in [1.54, 1.807) is 0 Å². The predicted molar refractivity (Wildman–Crippen MR) is 72.0 cm³/mol. The molecule has 0 aromatic carbocycles. The fraction of sp³-hybridized carbons (Fsp3) is 0.917. The third kappa shape index (κ3) is 10.2. The molecule has 3 nitrogen and oxygen atoms in total. The number of amides is 1. The monoisotopic (exact) mass is 250 g/mol. The van der Waals surface area contributed by atoms with Crippen LogP contribution in [0.5, 0.6) is 0 Å². The van der Waals surface area contributed by atoms with Gasteiger partial charge < -0.3 is 10.6 Å². The average Bonchev–Trinajstić information content (AvgIpc) is 2.17. The summed E-state index contributed by atoms with van der Waals surface area (Å²) < 4.78 is 0. The van der Waals surface area contributed by atoms with Gasteiger partial charge in [-0.25, -0.2) is 0 Å². The van der Waals surface area contributed by atoms with Crippen LogP contribution >= 0.6 is 12.4 Å². The van der Waals surface area contributed by atoms with Gasteiger partial charge in [0.05, 0.1) is 0 Å². The highest BCUT2D eigenvalue weighted by Crippen LogP contribution is 2.13. The molecule has 0 aliphatic rings. The van der Waals surface area contributed by atoms with Crippen molar-refractivity contribution in [2.24, 2.45) is 11.8 Å². The number of carbonyl (C=O) groups excluding carboxylic acids is 1. The Morgan fingerprint density at radius 2 is 1.75 bits per heavy atom. The molecule has 0 rings (SSSR count). The Hall–Kier alpha value is -0.280. The quantitative estimate of drug-likeness (QED) is 0.649. The molecule has 0 fully saturated rings. The molecule has 1 atom stereocenters. The first-order chi connectivity index (χ1) is 7.07. The third-order valence-electron chi connectivity index (χ3n) is 2.70. The molecular weight excluding hydrogens is 224 g/mol. The van der Waals surface area contributed by atoms with Crippen molar-refractivity contribution in [3.8, 4) is 0 Å². The average molecular weight is 251 g/mol. The summed E-state index contributed by atoms with van der Waals surface area (Å²) >= 11 is 0. The fourth-order valence-corrected chi connectivity index (χ4v) is 1.19. The molecule has 0 spiro atoms. The van der Waals surface area contributed by atoms with Gasteiger partial charge >= 0.3 is 0 Å². The zero-order valence-corrected chi connectivity index (χ0v) is 11.8. The molecule has 0 aromatic rings. The Labute approximate surface area is 106 Å². The standard InChI is InChI=1S/C12H26N2O.ClH/c1-5-6-13-7-8-14-12(15)9-11(4)10(2)3;/h10-11,13H,5-9H2,1-4H3,(H,14,15);1H. The van der Waals surface area contributed by atoms with E-state index in [0.29, 0.717) is 18.3 Å². The van der Waals surface area contributed by atoms with Gasteiger partial charge in [-0.1, -0.05) is 27.7 Å². The van der Waals surface area contributed by atoms with Crippen molar-refractivity contribution in [2.45, 2.75) is 40.5 Å². The van der Waals surface area contributed by atoms with Gasteiger partial charge in [0.1, 0.15) is 0 Å². The first-order valence-electron chi connectivity index (χ1n) is 6.05. The second-order valence-corrected chi connectivity index (χ2v) is 4.53. The Morgan fingerprint density at radius 1 is 1.12 bits per heavy atom. The van der Waals surface area contributed by atoms with Gasteiger partial charge in [-0.2, -0.15) is 0 Å². The van der Waals surface area contributed by atoms with Crippen LogP contribution < -0.4 is 10.6 Å². The minimum Gasteiger partial charge on any atom is -0.355 e. The second-order valence-electron chi connectivity index (χ2n) is 4.53. The normalized spacial score (nSPS) is 12.1. The number of nitrogens with one attached hydrogen (secondary N) is 2. The van der Waals surface area contributed by atoms with Crippen LogP contribution in [0, 0.1) is 11.8 Å². The zero-order chi connectivity index (χ0) is 11.7. The molecule has 4 heteroatoms. The van der Waals surface area contributed by atoms with Crippen molar-refractivity contribution in [1.29, 1.82) is 0 Å². The minimum absolute atomic E-state index is 0. The second kappa shape index (κ2) is 11.2. The third-order valence-corrected chi connectivity index (χ3v) is 2.70. The number of hydrogen-bond acceptors (Lipinski definition) is 2. The highest BCUT2D eigenvalue weighted by Gasteiger charge is 2.11. The van der Waals surface area contributed by atoms with E-state index in [0.717, 1.165) is 26.1 Å². The summed E-state index contributed by atoms with van der Waals surface area (Å²) in [5, 5.41) is 6.18. The highest BCUT2D eigenvalue weighted by molar-refractivity contribution is 5.85. The van der Waals surface area contributed by atoms with Gasteiger partial charge in [-0.05, 0) is 24.8 Å². The van der Waals surface area contributed by atoms with Crippen molar-refractivity contribution >= 4 is 18.3 Å². The molecule has 1 unspecified atom stereocenters. The molecule has 16 heavy (non-hydrogen) atoms. The minimum atomic E-state index is 0. The smallest absolute Gasteiger partial charge is 0.220 e. The molecule has 98 valence electrons. The van der Waals surface area contributed by atoms with Crippen molar-refractivity contribution in [3.63, 3.8) is 0 Å². The number of halogens is 1. The SMILES string of the molecule is CCCNCCNC(=O)CC(C)C(C)C.Cl. The predicted octanol–water partition coefficient (Wildman–Crippen LogP) is 2.21. The van der Waals surface area contributed by atoms with E-state index in [1.807, 2.05) is 0 Å². The van der Waals surface area contributed by atoms with Crippen molar-refractivity contribution < 1.29 is 4.79 Å². The molecule has 0 heterocycles. The maximum atomic E-state index is 11.5. The molecule has 0 bridgehead atoms. The largest absolute Gasteiger partial charge is 0.355 e. The zero-order valence-electron chi connectivity index (χ0n) is 11.0. The summed E-state index contributed by atoms with van der Waals surface area (Å²) in [6.45, 7) is 11.2. The lowest BCUT2D eigenvalue weighted by molar-refractivity contribution is -0.122. The van der Waals surface area contributed by atoms with Crippen LogP contribution in [0.15, 0.2) is 0 Å². The molecular formula is C12H27ClN2O. The number of carbonyl (C=O) groups is 1.